The molecule has 1 saturated heterocycles. The van der Waals surface area contributed by atoms with Crippen molar-refractivity contribution >= 4 is 17.3 Å². The van der Waals surface area contributed by atoms with E-state index >= 15 is 0 Å². The summed E-state index contributed by atoms with van der Waals surface area (Å²) in [6.07, 6.45) is 5.06. The van der Waals surface area contributed by atoms with Gasteiger partial charge in [0.15, 0.2) is 17.8 Å². The fraction of sp³-hybridized carbons (Fsp3) is 0.357. The molecule has 1 fully saturated rings. The molecule has 1 aliphatic rings. The Morgan fingerprint density at radius 3 is 2.51 bits per heavy atom. The standard InChI is InChI=1S/C28H32N2O5/c1-28(2,3)35-27(31)21-7-5-8-22(17-21)30(19-20-12-14-29-15-13-20)23-10-11-24(32-4)25(18-23)34-26-9-6-16-33-26/h5,7-8,10-15,17-18,26H,6,9,16,19H2,1-4H3. The fourth-order valence-corrected chi connectivity index (χ4v) is 3.85. The van der Waals surface area contributed by atoms with Gasteiger partial charge in [-0.3, -0.25) is 4.98 Å². The van der Waals surface area contributed by atoms with E-state index in [1.54, 1.807) is 25.6 Å². The molecule has 4 rings (SSSR count). The van der Waals surface area contributed by atoms with E-state index in [0.717, 1.165) is 29.8 Å². The van der Waals surface area contributed by atoms with Crippen molar-refractivity contribution in [2.24, 2.45) is 0 Å². The Hall–Kier alpha value is -3.58. The van der Waals surface area contributed by atoms with Crippen LogP contribution in [0.5, 0.6) is 11.5 Å². The minimum absolute atomic E-state index is 0.289. The lowest BCUT2D eigenvalue weighted by Crippen LogP contribution is -2.24. The number of methoxy groups -OCH3 is 1. The molecule has 1 aromatic heterocycles. The second kappa shape index (κ2) is 10.8. The quantitative estimate of drug-likeness (QED) is 0.375. The second-order valence-corrected chi connectivity index (χ2v) is 9.39. The molecule has 184 valence electrons. The first-order chi connectivity index (χ1) is 16.8. The van der Waals surface area contributed by atoms with Gasteiger partial charge in [0, 0.05) is 42.8 Å². The van der Waals surface area contributed by atoms with Crippen molar-refractivity contribution in [1.29, 1.82) is 0 Å². The first-order valence-corrected chi connectivity index (χ1v) is 11.8. The van der Waals surface area contributed by atoms with Crippen LogP contribution in [0, 0.1) is 0 Å². The second-order valence-electron chi connectivity index (χ2n) is 9.39. The highest BCUT2D eigenvalue weighted by Crippen LogP contribution is 2.37. The van der Waals surface area contributed by atoms with E-state index in [4.69, 9.17) is 18.9 Å². The molecule has 2 aromatic carbocycles. The molecule has 0 spiro atoms. The Morgan fingerprint density at radius 2 is 1.83 bits per heavy atom. The third kappa shape index (κ3) is 6.51. The van der Waals surface area contributed by atoms with Crippen LogP contribution in [-0.4, -0.2) is 36.6 Å². The van der Waals surface area contributed by atoms with Gasteiger partial charge in [-0.1, -0.05) is 6.07 Å². The van der Waals surface area contributed by atoms with Crippen LogP contribution in [0.1, 0.15) is 49.5 Å². The van der Waals surface area contributed by atoms with Crippen molar-refractivity contribution in [3.63, 3.8) is 0 Å². The van der Waals surface area contributed by atoms with Gasteiger partial charge in [0.25, 0.3) is 0 Å². The monoisotopic (exact) mass is 476 g/mol. The SMILES string of the molecule is COc1ccc(N(Cc2ccncc2)c2cccc(C(=O)OC(C)(C)C)c2)cc1OC1CCCO1. The predicted molar refractivity (Wildman–Crippen MR) is 134 cm³/mol. The number of carbonyl (C=O) groups excluding carboxylic acids is 1. The van der Waals surface area contributed by atoms with Crippen molar-refractivity contribution in [2.45, 2.75) is 52.0 Å². The predicted octanol–water partition coefficient (Wildman–Crippen LogP) is 5.90. The maximum atomic E-state index is 12.8. The number of benzene rings is 2. The number of rotatable bonds is 8. The van der Waals surface area contributed by atoms with Crippen molar-refractivity contribution in [2.75, 3.05) is 18.6 Å². The number of nitrogens with zero attached hydrogens (tertiary/aromatic N) is 2. The Kier molecular flexibility index (Phi) is 7.56. The van der Waals surface area contributed by atoms with Crippen LogP contribution >= 0.6 is 0 Å². The molecular weight excluding hydrogens is 444 g/mol. The number of anilines is 2. The zero-order valence-corrected chi connectivity index (χ0v) is 20.7. The molecule has 7 nitrogen and oxygen atoms in total. The Balaban J connectivity index is 1.71. The summed E-state index contributed by atoms with van der Waals surface area (Å²) < 4.78 is 22.9. The largest absolute Gasteiger partial charge is 0.493 e. The van der Waals surface area contributed by atoms with E-state index in [1.807, 2.05) is 69.3 Å². The molecule has 1 atom stereocenters. The molecule has 1 aliphatic heterocycles. The summed E-state index contributed by atoms with van der Waals surface area (Å²) >= 11 is 0. The number of carbonyl (C=O) groups is 1. The third-order valence-electron chi connectivity index (χ3n) is 5.49. The molecule has 0 aliphatic carbocycles. The van der Waals surface area contributed by atoms with Gasteiger partial charge in [-0.2, -0.15) is 0 Å². The van der Waals surface area contributed by atoms with Crippen molar-refractivity contribution in [3.8, 4) is 11.5 Å². The van der Waals surface area contributed by atoms with Crippen LogP contribution in [0.25, 0.3) is 0 Å². The maximum absolute atomic E-state index is 12.8. The van der Waals surface area contributed by atoms with E-state index in [1.165, 1.54) is 0 Å². The molecular formula is C28H32N2O5. The fourth-order valence-electron chi connectivity index (χ4n) is 3.85. The van der Waals surface area contributed by atoms with Gasteiger partial charge in [0.2, 0.25) is 0 Å². The number of hydrogen-bond donors (Lipinski definition) is 0. The van der Waals surface area contributed by atoms with Crippen LogP contribution in [0.15, 0.2) is 67.0 Å². The van der Waals surface area contributed by atoms with E-state index in [0.29, 0.717) is 30.2 Å². The molecule has 0 saturated carbocycles. The van der Waals surface area contributed by atoms with Gasteiger partial charge in [-0.15, -0.1) is 0 Å². The van der Waals surface area contributed by atoms with Crippen molar-refractivity contribution in [1.82, 2.24) is 4.98 Å². The highest BCUT2D eigenvalue weighted by atomic mass is 16.7. The van der Waals surface area contributed by atoms with E-state index < -0.39 is 5.60 Å². The van der Waals surface area contributed by atoms with Gasteiger partial charge >= 0.3 is 5.97 Å². The zero-order chi connectivity index (χ0) is 24.8. The van der Waals surface area contributed by atoms with Crippen LogP contribution < -0.4 is 14.4 Å². The highest BCUT2D eigenvalue weighted by Gasteiger charge is 2.22. The lowest BCUT2D eigenvalue weighted by Gasteiger charge is -2.27. The number of pyridine rings is 1. The molecule has 0 amide bonds. The van der Waals surface area contributed by atoms with E-state index in [2.05, 4.69) is 9.88 Å². The summed E-state index contributed by atoms with van der Waals surface area (Å²) in [5.41, 5.74) is 2.71. The molecule has 2 heterocycles. The number of hydrogen-bond acceptors (Lipinski definition) is 7. The van der Waals surface area contributed by atoms with Gasteiger partial charge in [0.05, 0.1) is 19.3 Å². The molecule has 0 radical (unpaired) electrons. The van der Waals surface area contributed by atoms with Crippen LogP contribution in [0.4, 0.5) is 11.4 Å². The molecule has 0 N–H and O–H groups in total. The average molecular weight is 477 g/mol. The summed E-state index contributed by atoms with van der Waals surface area (Å²) in [6.45, 7) is 6.83. The Labute approximate surface area is 206 Å². The third-order valence-corrected chi connectivity index (χ3v) is 5.49. The summed E-state index contributed by atoms with van der Waals surface area (Å²) in [5.74, 6) is 0.885. The van der Waals surface area contributed by atoms with Gasteiger partial charge in [-0.25, -0.2) is 4.79 Å². The van der Waals surface area contributed by atoms with Crippen LogP contribution in [0.2, 0.25) is 0 Å². The minimum Gasteiger partial charge on any atom is -0.493 e. The summed E-state index contributed by atoms with van der Waals surface area (Å²) in [5, 5.41) is 0. The zero-order valence-electron chi connectivity index (χ0n) is 20.7. The maximum Gasteiger partial charge on any atom is 0.338 e. The van der Waals surface area contributed by atoms with Gasteiger partial charge in [-0.05, 0) is 75.2 Å². The summed E-state index contributed by atoms with van der Waals surface area (Å²) in [6, 6.07) is 17.2. The topological polar surface area (TPSA) is 70.1 Å². The van der Waals surface area contributed by atoms with Gasteiger partial charge in [0.1, 0.15) is 5.60 Å². The number of ether oxygens (including phenoxy) is 4. The summed E-state index contributed by atoms with van der Waals surface area (Å²) in [4.78, 5) is 19.0. The number of aromatic nitrogens is 1. The Bertz CT molecular complexity index is 1140. The normalized spacial score (nSPS) is 15.5. The minimum atomic E-state index is -0.575. The average Bonchev–Trinajstić information content (AvgIpc) is 3.35. The van der Waals surface area contributed by atoms with Crippen molar-refractivity contribution < 1.29 is 23.7 Å². The first-order valence-electron chi connectivity index (χ1n) is 11.8. The lowest BCUT2D eigenvalue weighted by atomic mass is 10.1. The Morgan fingerprint density at radius 1 is 1.06 bits per heavy atom. The molecule has 1 unspecified atom stereocenters. The molecule has 3 aromatic rings. The van der Waals surface area contributed by atoms with E-state index in [-0.39, 0.29) is 12.3 Å². The lowest BCUT2D eigenvalue weighted by molar-refractivity contribution is -0.0402. The van der Waals surface area contributed by atoms with Gasteiger partial charge < -0.3 is 23.8 Å². The first kappa shape index (κ1) is 24.5. The molecule has 7 heteroatoms. The molecule has 0 bridgehead atoms. The molecule has 35 heavy (non-hydrogen) atoms. The van der Waals surface area contributed by atoms with Crippen LogP contribution in [-0.2, 0) is 16.0 Å². The van der Waals surface area contributed by atoms with Crippen molar-refractivity contribution in [3.05, 3.63) is 78.1 Å². The van der Waals surface area contributed by atoms with E-state index in [9.17, 15) is 4.79 Å². The summed E-state index contributed by atoms with van der Waals surface area (Å²) in [7, 11) is 1.62. The highest BCUT2D eigenvalue weighted by molar-refractivity contribution is 5.91. The van der Waals surface area contributed by atoms with Crippen LogP contribution in [0.3, 0.4) is 0 Å². The number of esters is 1. The smallest absolute Gasteiger partial charge is 0.338 e.